The minimum Gasteiger partial charge on any atom is -0.481 e. The molecule has 2 atom stereocenters. The number of rotatable bonds is 6. The van der Waals surface area contributed by atoms with Gasteiger partial charge in [-0.25, -0.2) is 0 Å². The number of ketones is 1. The fourth-order valence-electron chi connectivity index (χ4n) is 0.982. The molecule has 0 bridgehead atoms. The SMILES string of the molecule is CCCC(O)CC(=O)C(C)C(=O)O. The van der Waals surface area contributed by atoms with Gasteiger partial charge < -0.3 is 10.2 Å². The fourth-order valence-corrected chi connectivity index (χ4v) is 0.982. The smallest absolute Gasteiger partial charge is 0.313 e. The van der Waals surface area contributed by atoms with Crippen LogP contribution in [0.2, 0.25) is 0 Å². The van der Waals surface area contributed by atoms with Crippen LogP contribution in [0.4, 0.5) is 0 Å². The summed E-state index contributed by atoms with van der Waals surface area (Å²) < 4.78 is 0. The van der Waals surface area contributed by atoms with Gasteiger partial charge in [-0.05, 0) is 13.3 Å². The van der Waals surface area contributed by atoms with Crippen molar-refractivity contribution < 1.29 is 19.8 Å². The number of hydrogen-bond acceptors (Lipinski definition) is 3. The molecular formula is C9H16O4. The number of aliphatic hydroxyl groups excluding tert-OH is 1. The minimum atomic E-state index is -1.13. The molecule has 0 saturated heterocycles. The predicted molar refractivity (Wildman–Crippen MR) is 47.3 cm³/mol. The summed E-state index contributed by atoms with van der Waals surface area (Å²) in [4.78, 5) is 21.5. The highest BCUT2D eigenvalue weighted by molar-refractivity contribution is 5.97. The third-order valence-electron chi connectivity index (χ3n) is 1.91. The summed E-state index contributed by atoms with van der Waals surface area (Å²) in [7, 11) is 0. The van der Waals surface area contributed by atoms with Crippen molar-refractivity contribution in [2.45, 2.75) is 39.2 Å². The molecule has 0 aromatic heterocycles. The van der Waals surface area contributed by atoms with Gasteiger partial charge in [-0.15, -0.1) is 0 Å². The second kappa shape index (κ2) is 5.70. The quantitative estimate of drug-likeness (QED) is 0.605. The van der Waals surface area contributed by atoms with Crippen LogP contribution in [0.1, 0.15) is 33.1 Å². The highest BCUT2D eigenvalue weighted by Crippen LogP contribution is 2.07. The van der Waals surface area contributed by atoms with Gasteiger partial charge in [0.1, 0.15) is 11.7 Å². The van der Waals surface area contributed by atoms with Gasteiger partial charge >= 0.3 is 5.97 Å². The minimum absolute atomic E-state index is 0.0543. The Morgan fingerprint density at radius 1 is 1.38 bits per heavy atom. The Labute approximate surface area is 77.6 Å². The van der Waals surface area contributed by atoms with Crippen molar-refractivity contribution in [2.75, 3.05) is 0 Å². The van der Waals surface area contributed by atoms with Crippen LogP contribution in [0.15, 0.2) is 0 Å². The van der Waals surface area contributed by atoms with E-state index in [0.29, 0.717) is 6.42 Å². The molecule has 4 nitrogen and oxygen atoms in total. The Kier molecular flexibility index (Phi) is 5.30. The summed E-state index contributed by atoms with van der Waals surface area (Å²) in [5, 5.41) is 17.7. The van der Waals surface area contributed by atoms with Crippen molar-refractivity contribution in [3.63, 3.8) is 0 Å². The molecule has 0 aliphatic heterocycles. The molecule has 0 amide bonds. The molecule has 0 radical (unpaired) electrons. The monoisotopic (exact) mass is 188 g/mol. The van der Waals surface area contributed by atoms with E-state index in [1.165, 1.54) is 6.92 Å². The van der Waals surface area contributed by atoms with Gasteiger partial charge in [0.05, 0.1) is 6.10 Å². The normalized spacial score (nSPS) is 15.0. The number of hydrogen-bond donors (Lipinski definition) is 2. The summed E-state index contributed by atoms with van der Waals surface area (Å²) in [6.45, 7) is 3.23. The summed E-state index contributed by atoms with van der Waals surface area (Å²) in [6, 6.07) is 0. The van der Waals surface area contributed by atoms with Crippen LogP contribution in [-0.4, -0.2) is 28.1 Å². The van der Waals surface area contributed by atoms with Crippen LogP contribution in [0, 0.1) is 5.92 Å². The molecule has 0 spiro atoms. The maximum absolute atomic E-state index is 11.1. The number of carboxylic acid groups (broad SMARTS) is 1. The van der Waals surface area contributed by atoms with E-state index in [9.17, 15) is 14.7 Å². The summed E-state index contributed by atoms with van der Waals surface area (Å²) in [5.41, 5.74) is 0. The van der Waals surface area contributed by atoms with E-state index in [1.54, 1.807) is 0 Å². The van der Waals surface area contributed by atoms with Crippen LogP contribution in [0.3, 0.4) is 0 Å². The second-order valence-electron chi connectivity index (χ2n) is 3.17. The van der Waals surface area contributed by atoms with Gasteiger partial charge in [-0.2, -0.15) is 0 Å². The molecule has 4 heteroatoms. The molecule has 0 heterocycles. The van der Waals surface area contributed by atoms with Gasteiger partial charge in [-0.3, -0.25) is 9.59 Å². The standard InChI is InChI=1S/C9H16O4/c1-3-4-7(10)5-8(11)6(2)9(12)13/h6-7,10H,3-5H2,1-2H3,(H,12,13). The Morgan fingerprint density at radius 3 is 2.31 bits per heavy atom. The first kappa shape index (κ1) is 12.1. The van der Waals surface area contributed by atoms with E-state index in [2.05, 4.69) is 0 Å². The van der Waals surface area contributed by atoms with Gasteiger partial charge in [-0.1, -0.05) is 13.3 Å². The average molecular weight is 188 g/mol. The molecular weight excluding hydrogens is 172 g/mol. The lowest BCUT2D eigenvalue weighted by atomic mass is 9.99. The number of carbonyl (C=O) groups excluding carboxylic acids is 1. The van der Waals surface area contributed by atoms with Crippen LogP contribution < -0.4 is 0 Å². The lowest BCUT2D eigenvalue weighted by Crippen LogP contribution is -2.24. The average Bonchev–Trinajstić information content (AvgIpc) is 2.03. The zero-order valence-electron chi connectivity index (χ0n) is 7.99. The first-order valence-electron chi connectivity index (χ1n) is 4.42. The zero-order valence-corrected chi connectivity index (χ0v) is 7.99. The first-order valence-corrected chi connectivity index (χ1v) is 4.42. The molecule has 0 saturated carbocycles. The van der Waals surface area contributed by atoms with Crippen LogP contribution in [0.25, 0.3) is 0 Å². The molecule has 0 rings (SSSR count). The first-order chi connectivity index (χ1) is 5.99. The van der Waals surface area contributed by atoms with Gasteiger partial charge in [0.25, 0.3) is 0 Å². The van der Waals surface area contributed by atoms with E-state index in [4.69, 9.17) is 5.11 Å². The summed E-state index contributed by atoms with van der Waals surface area (Å²) in [6.07, 6.45) is 0.578. The maximum Gasteiger partial charge on any atom is 0.313 e. The molecule has 0 fully saturated rings. The van der Waals surface area contributed by atoms with Crippen LogP contribution in [0.5, 0.6) is 0 Å². The number of aliphatic carboxylic acids is 1. The Hall–Kier alpha value is -0.900. The Bertz CT molecular complexity index is 188. The van der Waals surface area contributed by atoms with E-state index in [1.807, 2.05) is 6.92 Å². The largest absolute Gasteiger partial charge is 0.481 e. The van der Waals surface area contributed by atoms with E-state index in [-0.39, 0.29) is 6.42 Å². The number of carboxylic acids is 1. The maximum atomic E-state index is 11.1. The molecule has 0 aliphatic carbocycles. The van der Waals surface area contributed by atoms with Crippen molar-refractivity contribution in [1.29, 1.82) is 0 Å². The lowest BCUT2D eigenvalue weighted by molar-refractivity contribution is -0.146. The van der Waals surface area contributed by atoms with Crippen molar-refractivity contribution >= 4 is 11.8 Å². The summed E-state index contributed by atoms with van der Waals surface area (Å²) >= 11 is 0. The highest BCUT2D eigenvalue weighted by atomic mass is 16.4. The van der Waals surface area contributed by atoms with Gasteiger partial charge in [0.2, 0.25) is 0 Å². The molecule has 2 unspecified atom stereocenters. The van der Waals surface area contributed by atoms with Crippen molar-refractivity contribution in [1.82, 2.24) is 0 Å². The van der Waals surface area contributed by atoms with E-state index in [0.717, 1.165) is 6.42 Å². The second-order valence-corrected chi connectivity index (χ2v) is 3.17. The van der Waals surface area contributed by atoms with Crippen molar-refractivity contribution in [3.05, 3.63) is 0 Å². The molecule has 76 valence electrons. The van der Waals surface area contributed by atoms with Gasteiger partial charge in [0, 0.05) is 6.42 Å². The van der Waals surface area contributed by atoms with E-state index >= 15 is 0 Å². The third-order valence-corrected chi connectivity index (χ3v) is 1.91. The molecule has 2 N–H and O–H groups in total. The molecule has 13 heavy (non-hydrogen) atoms. The van der Waals surface area contributed by atoms with E-state index < -0.39 is 23.8 Å². The number of aliphatic hydroxyl groups is 1. The topological polar surface area (TPSA) is 74.6 Å². The van der Waals surface area contributed by atoms with Gasteiger partial charge in [0.15, 0.2) is 0 Å². The Morgan fingerprint density at radius 2 is 1.92 bits per heavy atom. The highest BCUT2D eigenvalue weighted by Gasteiger charge is 2.22. The Balaban J connectivity index is 3.92. The van der Waals surface area contributed by atoms with Crippen LogP contribution >= 0.6 is 0 Å². The molecule has 0 aromatic rings. The number of carbonyl (C=O) groups is 2. The molecule has 0 aliphatic rings. The third kappa shape index (κ3) is 4.62. The zero-order chi connectivity index (χ0) is 10.4. The van der Waals surface area contributed by atoms with Crippen molar-refractivity contribution in [3.8, 4) is 0 Å². The van der Waals surface area contributed by atoms with Crippen LogP contribution in [-0.2, 0) is 9.59 Å². The van der Waals surface area contributed by atoms with Crippen molar-refractivity contribution in [2.24, 2.45) is 5.92 Å². The molecule has 0 aromatic carbocycles. The number of Topliss-reactive ketones (excluding diaryl/α,β-unsaturated/α-hetero) is 1. The fraction of sp³-hybridized carbons (Fsp3) is 0.778. The predicted octanol–water partition coefficient (Wildman–Crippen LogP) is 0.827. The summed E-state index contributed by atoms with van der Waals surface area (Å²) in [5.74, 6) is -2.55. The lowest BCUT2D eigenvalue weighted by Gasteiger charge is -2.09.